The summed E-state index contributed by atoms with van der Waals surface area (Å²) in [5, 5.41) is 9.48. The lowest BCUT2D eigenvalue weighted by Gasteiger charge is -2.22. The molecule has 1 aliphatic rings. The van der Waals surface area contributed by atoms with Gasteiger partial charge in [0.25, 0.3) is 0 Å². The molecule has 3 amide bonds. The molecule has 0 saturated heterocycles. The Morgan fingerprint density at radius 2 is 1.92 bits per heavy atom. The molecule has 2 aromatic rings. The summed E-state index contributed by atoms with van der Waals surface area (Å²) in [6.45, 7) is 0.589. The Balaban J connectivity index is 1.28. The number of thiazole rings is 1. The van der Waals surface area contributed by atoms with Crippen molar-refractivity contribution in [2.75, 3.05) is 13.1 Å². The van der Waals surface area contributed by atoms with Crippen LogP contribution < -0.4 is 16.0 Å². The molecule has 0 aliphatic heterocycles. The van der Waals surface area contributed by atoms with Crippen LogP contribution in [0.5, 0.6) is 0 Å². The van der Waals surface area contributed by atoms with Gasteiger partial charge >= 0.3 is 6.03 Å². The number of fused-ring (bicyclic) bond motifs is 1. The van der Waals surface area contributed by atoms with Gasteiger partial charge in [-0.15, -0.1) is 11.3 Å². The zero-order chi connectivity index (χ0) is 18.2. The van der Waals surface area contributed by atoms with Gasteiger partial charge in [-0.25, -0.2) is 9.78 Å². The predicted octanol–water partition coefficient (Wildman–Crippen LogP) is 2.98. The molecule has 1 aliphatic carbocycles. The lowest BCUT2D eigenvalue weighted by molar-refractivity contribution is -0.121. The number of nitrogens with zero attached hydrogens (tertiary/aromatic N) is 1. The predicted molar refractivity (Wildman–Crippen MR) is 104 cm³/mol. The number of hydrogen-bond acceptors (Lipinski definition) is 4. The molecule has 3 rings (SSSR count). The minimum absolute atomic E-state index is 0.0280. The van der Waals surface area contributed by atoms with Gasteiger partial charge in [0.15, 0.2) is 0 Å². The van der Waals surface area contributed by atoms with Crippen LogP contribution in [0, 0.1) is 0 Å². The Kier molecular flexibility index (Phi) is 6.82. The summed E-state index contributed by atoms with van der Waals surface area (Å²) < 4.78 is 1.19. The molecule has 0 atom stereocenters. The van der Waals surface area contributed by atoms with E-state index in [0.717, 1.165) is 36.2 Å². The van der Waals surface area contributed by atoms with Crippen LogP contribution in [0.15, 0.2) is 24.3 Å². The van der Waals surface area contributed by atoms with Crippen LogP contribution in [0.1, 0.15) is 43.5 Å². The highest BCUT2D eigenvalue weighted by Gasteiger charge is 2.15. The zero-order valence-corrected chi connectivity index (χ0v) is 15.7. The highest BCUT2D eigenvalue weighted by molar-refractivity contribution is 7.18. The van der Waals surface area contributed by atoms with Gasteiger partial charge in [0.2, 0.25) is 5.91 Å². The molecule has 26 heavy (non-hydrogen) atoms. The van der Waals surface area contributed by atoms with Crippen molar-refractivity contribution < 1.29 is 9.59 Å². The summed E-state index contributed by atoms with van der Waals surface area (Å²) in [7, 11) is 0. The van der Waals surface area contributed by atoms with Crippen molar-refractivity contribution in [3.8, 4) is 0 Å². The Bertz CT molecular complexity index is 707. The lowest BCUT2D eigenvalue weighted by atomic mass is 9.95. The number of hydrogen-bond donors (Lipinski definition) is 3. The summed E-state index contributed by atoms with van der Waals surface area (Å²) in [5.74, 6) is -0.110. The molecule has 0 radical (unpaired) electrons. The number of aromatic nitrogens is 1. The van der Waals surface area contributed by atoms with Crippen molar-refractivity contribution in [3.05, 3.63) is 29.3 Å². The standard InChI is InChI=1S/C19H26N4O2S/c24-17(22-14-7-2-1-3-8-14)13-21-19(25)20-12-6-11-18-23-15-9-4-5-10-16(15)26-18/h4-5,9-10,14H,1-3,6-8,11-13H2,(H,22,24)(H2,20,21,25). The van der Waals surface area contributed by atoms with Crippen LogP contribution >= 0.6 is 11.3 Å². The van der Waals surface area contributed by atoms with E-state index < -0.39 is 0 Å². The Hall–Kier alpha value is -2.15. The van der Waals surface area contributed by atoms with E-state index in [-0.39, 0.29) is 24.5 Å². The quantitative estimate of drug-likeness (QED) is 0.652. The van der Waals surface area contributed by atoms with Gasteiger partial charge in [-0.3, -0.25) is 4.79 Å². The Morgan fingerprint density at radius 1 is 1.12 bits per heavy atom. The molecule has 1 fully saturated rings. The summed E-state index contributed by atoms with van der Waals surface area (Å²) in [6.07, 6.45) is 7.35. The number of aryl methyl sites for hydroxylation is 1. The smallest absolute Gasteiger partial charge is 0.315 e. The molecule has 1 aromatic carbocycles. The van der Waals surface area contributed by atoms with Gasteiger partial charge in [0.05, 0.1) is 21.8 Å². The molecule has 0 unspecified atom stereocenters. The SMILES string of the molecule is O=C(CNC(=O)NCCCc1nc2ccccc2s1)NC1CCCCC1. The van der Waals surface area contributed by atoms with Crippen LogP contribution in [-0.2, 0) is 11.2 Å². The van der Waals surface area contributed by atoms with E-state index in [2.05, 4.69) is 27.0 Å². The number of urea groups is 1. The van der Waals surface area contributed by atoms with E-state index in [1.54, 1.807) is 11.3 Å². The normalized spacial score (nSPS) is 14.9. The van der Waals surface area contributed by atoms with E-state index in [1.807, 2.05) is 18.2 Å². The van der Waals surface area contributed by atoms with E-state index in [9.17, 15) is 9.59 Å². The maximum atomic E-state index is 11.9. The average Bonchev–Trinajstić information content (AvgIpc) is 3.07. The first kappa shape index (κ1) is 18.6. The lowest BCUT2D eigenvalue weighted by Crippen LogP contribution is -2.45. The Morgan fingerprint density at radius 3 is 2.73 bits per heavy atom. The monoisotopic (exact) mass is 374 g/mol. The minimum Gasteiger partial charge on any atom is -0.352 e. The van der Waals surface area contributed by atoms with Crippen molar-refractivity contribution in [2.24, 2.45) is 0 Å². The number of rotatable bonds is 7. The van der Waals surface area contributed by atoms with E-state index in [4.69, 9.17) is 0 Å². The van der Waals surface area contributed by atoms with Crippen LogP contribution in [0.3, 0.4) is 0 Å². The molecule has 1 saturated carbocycles. The third kappa shape index (κ3) is 5.69. The molecular formula is C19H26N4O2S. The Labute approximate surface area is 157 Å². The summed E-state index contributed by atoms with van der Waals surface area (Å²) in [6, 6.07) is 8.06. The number of benzene rings is 1. The van der Waals surface area contributed by atoms with Gasteiger partial charge < -0.3 is 16.0 Å². The van der Waals surface area contributed by atoms with Gasteiger partial charge in [0.1, 0.15) is 0 Å². The van der Waals surface area contributed by atoms with E-state index in [0.29, 0.717) is 6.54 Å². The number of carbonyl (C=O) groups is 2. The van der Waals surface area contributed by atoms with Crippen LogP contribution in [0.2, 0.25) is 0 Å². The fourth-order valence-electron chi connectivity index (χ4n) is 3.22. The highest BCUT2D eigenvalue weighted by Crippen LogP contribution is 2.22. The van der Waals surface area contributed by atoms with Crippen molar-refractivity contribution in [1.29, 1.82) is 0 Å². The molecular weight excluding hydrogens is 348 g/mol. The number of carbonyl (C=O) groups excluding carboxylic acids is 2. The second-order valence-corrected chi connectivity index (χ2v) is 7.81. The maximum absolute atomic E-state index is 11.9. The van der Waals surface area contributed by atoms with Gasteiger partial charge in [-0.1, -0.05) is 31.4 Å². The van der Waals surface area contributed by atoms with E-state index >= 15 is 0 Å². The molecule has 7 heteroatoms. The molecule has 140 valence electrons. The van der Waals surface area contributed by atoms with Crippen molar-refractivity contribution >= 4 is 33.5 Å². The highest BCUT2D eigenvalue weighted by atomic mass is 32.1. The van der Waals surface area contributed by atoms with Gasteiger partial charge in [0, 0.05) is 19.0 Å². The van der Waals surface area contributed by atoms with Gasteiger partial charge in [-0.05, 0) is 31.4 Å². The molecule has 1 heterocycles. The molecule has 0 bridgehead atoms. The minimum atomic E-state index is -0.298. The summed E-state index contributed by atoms with van der Waals surface area (Å²) in [4.78, 5) is 28.2. The van der Waals surface area contributed by atoms with Crippen LogP contribution in [0.25, 0.3) is 10.2 Å². The molecule has 6 nitrogen and oxygen atoms in total. The van der Waals surface area contributed by atoms with Crippen LogP contribution in [-0.4, -0.2) is 36.1 Å². The summed E-state index contributed by atoms with van der Waals surface area (Å²) >= 11 is 1.69. The van der Waals surface area contributed by atoms with Gasteiger partial charge in [-0.2, -0.15) is 0 Å². The second-order valence-electron chi connectivity index (χ2n) is 6.69. The van der Waals surface area contributed by atoms with Crippen molar-refractivity contribution in [3.63, 3.8) is 0 Å². The van der Waals surface area contributed by atoms with Crippen molar-refractivity contribution in [2.45, 2.75) is 51.0 Å². The average molecular weight is 375 g/mol. The number of para-hydroxylation sites is 1. The fraction of sp³-hybridized carbons (Fsp3) is 0.526. The molecule has 3 N–H and O–H groups in total. The molecule has 0 spiro atoms. The first-order valence-electron chi connectivity index (χ1n) is 9.36. The number of nitrogens with one attached hydrogen (secondary N) is 3. The third-order valence-electron chi connectivity index (χ3n) is 4.57. The fourth-order valence-corrected chi connectivity index (χ4v) is 4.23. The number of amides is 3. The van der Waals surface area contributed by atoms with Crippen LogP contribution in [0.4, 0.5) is 4.79 Å². The third-order valence-corrected chi connectivity index (χ3v) is 5.67. The summed E-state index contributed by atoms with van der Waals surface area (Å²) in [5.41, 5.74) is 1.03. The maximum Gasteiger partial charge on any atom is 0.315 e. The van der Waals surface area contributed by atoms with Crippen molar-refractivity contribution in [1.82, 2.24) is 20.9 Å². The zero-order valence-electron chi connectivity index (χ0n) is 14.9. The molecule has 1 aromatic heterocycles. The first-order chi connectivity index (χ1) is 12.7. The topological polar surface area (TPSA) is 83.1 Å². The largest absolute Gasteiger partial charge is 0.352 e. The second kappa shape index (κ2) is 9.52. The van der Waals surface area contributed by atoms with E-state index in [1.165, 1.54) is 24.0 Å². The first-order valence-corrected chi connectivity index (χ1v) is 10.2.